The molecule has 0 aromatic heterocycles. The van der Waals surface area contributed by atoms with Crippen LogP contribution in [0.5, 0.6) is 0 Å². The van der Waals surface area contributed by atoms with Gasteiger partial charge in [-0.3, -0.25) is 14.4 Å². The van der Waals surface area contributed by atoms with Crippen LogP contribution < -0.4 is 10.6 Å². The fourth-order valence-corrected chi connectivity index (χ4v) is 3.46. The van der Waals surface area contributed by atoms with Crippen LogP contribution in [0.3, 0.4) is 0 Å². The zero-order valence-electron chi connectivity index (χ0n) is 13.3. The van der Waals surface area contributed by atoms with Crippen LogP contribution in [0.25, 0.3) is 0 Å². The molecule has 0 fully saturated rings. The Morgan fingerprint density at radius 2 is 1.61 bits per heavy atom. The molecule has 3 amide bonds. The van der Waals surface area contributed by atoms with Gasteiger partial charge in [-0.15, -0.1) is 5.10 Å². The normalized spacial score (nSPS) is 20.0. The van der Waals surface area contributed by atoms with Gasteiger partial charge in [0.1, 0.15) is 4.87 Å². The summed E-state index contributed by atoms with van der Waals surface area (Å²) in [6, 6.07) is 7.16. The molecular formula is C15H18N4O3S. The highest BCUT2D eigenvalue weighted by atomic mass is 32.2. The van der Waals surface area contributed by atoms with Gasteiger partial charge in [-0.05, 0) is 24.6 Å². The smallest absolute Gasteiger partial charge is 0.241 e. The van der Waals surface area contributed by atoms with E-state index in [0.717, 1.165) is 5.56 Å². The van der Waals surface area contributed by atoms with Gasteiger partial charge in [-0.25, -0.2) is 5.01 Å². The Bertz CT molecular complexity index is 686. The first-order valence-electron chi connectivity index (χ1n) is 6.96. The molecule has 2 N–H and O–H groups in total. The number of anilines is 1. The fraction of sp³-hybridized carbons (Fsp3) is 0.333. The van der Waals surface area contributed by atoms with Gasteiger partial charge >= 0.3 is 0 Å². The summed E-state index contributed by atoms with van der Waals surface area (Å²) in [5.74, 6) is -0.628. The van der Waals surface area contributed by atoms with E-state index in [2.05, 4.69) is 15.7 Å². The third-order valence-corrected chi connectivity index (χ3v) is 4.40. The van der Waals surface area contributed by atoms with Gasteiger partial charge in [0.25, 0.3) is 0 Å². The van der Waals surface area contributed by atoms with Crippen molar-refractivity contribution >= 4 is 40.3 Å². The summed E-state index contributed by atoms with van der Waals surface area (Å²) in [6.07, 6.45) is 0. The molecule has 122 valence electrons. The fourth-order valence-electron chi connectivity index (χ4n) is 2.26. The Hall–Kier alpha value is -2.35. The van der Waals surface area contributed by atoms with Crippen molar-refractivity contribution in [1.82, 2.24) is 10.3 Å². The van der Waals surface area contributed by atoms with Gasteiger partial charge in [-0.1, -0.05) is 23.9 Å². The predicted molar refractivity (Wildman–Crippen MR) is 89.5 cm³/mol. The summed E-state index contributed by atoms with van der Waals surface area (Å²) < 4.78 is 0. The zero-order valence-corrected chi connectivity index (χ0v) is 14.2. The monoisotopic (exact) mass is 334 g/mol. The summed E-state index contributed by atoms with van der Waals surface area (Å²) in [4.78, 5) is 33.4. The van der Waals surface area contributed by atoms with E-state index >= 15 is 0 Å². The van der Waals surface area contributed by atoms with Gasteiger partial charge in [0.15, 0.2) is 5.17 Å². The quantitative estimate of drug-likeness (QED) is 0.863. The van der Waals surface area contributed by atoms with Crippen molar-refractivity contribution in [2.24, 2.45) is 5.10 Å². The van der Waals surface area contributed by atoms with Crippen LogP contribution >= 0.6 is 11.8 Å². The molecule has 0 spiro atoms. The van der Waals surface area contributed by atoms with Crippen LogP contribution in [0.1, 0.15) is 33.3 Å². The molecule has 2 rings (SSSR count). The highest BCUT2D eigenvalue weighted by Crippen LogP contribution is 2.45. The van der Waals surface area contributed by atoms with Crippen molar-refractivity contribution < 1.29 is 14.4 Å². The van der Waals surface area contributed by atoms with E-state index < -0.39 is 4.87 Å². The van der Waals surface area contributed by atoms with Crippen LogP contribution in [0.4, 0.5) is 5.69 Å². The second kappa shape index (κ2) is 6.41. The van der Waals surface area contributed by atoms with E-state index in [0.29, 0.717) is 10.9 Å². The summed E-state index contributed by atoms with van der Waals surface area (Å²) in [5, 5.41) is 11.2. The van der Waals surface area contributed by atoms with E-state index in [4.69, 9.17) is 0 Å². The highest BCUT2D eigenvalue weighted by Gasteiger charge is 2.43. The van der Waals surface area contributed by atoms with Crippen LogP contribution in [0.2, 0.25) is 0 Å². The van der Waals surface area contributed by atoms with Crippen molar-refractivity contribution in [3.8, 4) is 0 Å². The lowest BCUT2D eigenvalue weighted by Gasteiger charge is -2.31. The molecule has 0 bridgehead atoms. The molecule has 0 radical (unpaired) electrons. The first-order chi connectivity index (χ1) is 10.7. The van der Waals surface area contributed by atoms with Crippen molar-refractivity contribution in [2.45, 2.75) is 32.6 Å². The Morgan fingerprint density at radius 3 is 2.09 bits per heavy atom. The second-order valence-corrected chi connectivity index (χ2v) is 6.65. The number of amidine groups is 1. The van der Waals surface area contributed by atoms with Gasteiger partial charge in [-0.2, -0.15) is 0 Å². The van der Waals surface area contributed by atoms with Crippen LogP contribution in [0, 0.1) is 0 Å². The van der Waals surface area contributed by atoms with Gasteiger partial charge in [0.05, 0.1) is 0 Å². The maximum atomic E-state index is 11.9. The summed E-state index contributed by atoms with van der Waals surface area (Å²) >= 11 is 1.29. The first kappa shape index (κ1) is 17.0. The Morgan fingerprint density at radius 1 is 1.04 bits per heavy atom. The van der Waals surface area contributed by atoms with E-state index in [9.17, 15) is 14.4 Å². The number of benzene rings is 1. The summed E-state index contributed by atoms with van der Waals surface area (Å²) in [5.41, 5.74) is 1.50. The molecule has 8 heteroatoms. The molecule has 0 aliphatic carbocycles. The molecule has 1 aliphatic rings. The average Bonchev–Trinajstić information content (AvgIpc) is 2.76. The Balaban J connectivity index is 2.30. The highest BCUT2D eigenvalue weighted by molar-refractivity contribution is 8.14. The zero-order chi connectivity index (χ0) is 17.2. The SMILES string of the molecule is CC(=O)NC1=NN(C(C)=O)[C@@](C)(c2ccc(NC(C)=O)cc2)S1. The van der Waals surface area contributed by atoms with Gasteiger partial charge < -0.3 is 10.6 Å². The van der Waals surface area contributed by atoms with Crippen molar-refractivity contribution in [1.29, 1.82) is 0 Å². The molecule has 1 aromatic rings. The van der Waals surface area contributed by atoms with Crippen molar-refractivity contribution in [3.63, 3.8) is 0 Å². The summed E-state index contributed by atoms with van der Waals surface area (Å²) in [7, 11) is 0. The van der Waals surface area contributed by atoms with Gasteiger partial charge in [0.2, 0.25) is 17.7 Å². The number of hydrazone groups is 1. The molecular weight excluding hydrogens is 316 g/mol. The van der Waals surface area contributed by atoms with E-state index in [1.807, 2.05) is 19.1 Å². The largest absolute Gasteiger partial charge is 0.326 e. The number of nitrogens with zero attached hydrogens (tertiary/aromatic N) is 2. The molecule has 23 heavy (non-hydrogen) atoms. The van der Waals surface area contributed by atoms with Crippen molar-refractivity contribution in [2.75, 3.05) is 5.32 Å². The third-order valence-electron chi connectivity index (χ3n) is 3.21. The topological polar surface area (TPSA) is 90.9 Å². The number of carbonyl (C=O) groups excluding carboxylic acids is 3. The molecule has 1 aliphatic heterocycles. The minimum atomic E-state index is -0.766. The first-order valence-corrected chi connectivity index (χ1v) is 7.78. The average molecular weight is 334 g/mol. The minimum absolute atomic E-state index is 0.152. The second-order valence-electron chi connectivity index (χ2n) is 5.26. The van der Waals surface area contributed by atoms with E-state index in [1.165, 1.54) is 37.5 Å². The third kappa shape index (κ3) is 3.70. The number of hydrogen-bond donors (Lipinski definition) is 2. The lowest BCUT2D eigenvalue weighted by atomic mass is 10.1. The number of hydrogen-bond acceptors (Lipinski definition) is 5. The number of amides is 3. The number of nitrogens with one attached hydrogen (secondary N) is 2. The lowest BCUT2D eigenvalue weighted by Crippen LogP contribution is -2.37. The number of thioether (sulfide) groups is 1. The molecule has 1 atom stereocenters. The predicted octanol–water partition coefficient (Wildman–Crippen LogP) is 1.82. The van der Waals surface area contributed by atoms with E-state index in [-0.39, 0.29) is 17.7 Å². The van der Waals surface area contributed by atoms with E-state index in [1.54, 1.807) is 12.1 Å². The van der Waals surface area contributed by atoms with Crippen LogP contribution in [-0.4, -0.2) is 27.9 Å². The number of carbonyl (C=O) groups is 3. The molecule has 0 saturated carbocycles. The maximum Gasteiger partial charge on any atom is 0.241 e. The molecule has 0 unspecified atom stereocenters. The Labute approximate surface area is 138 Å². The standard InChI is InChI=1S/C15H18N4O3S/c1-9(20)16-13-7-5-12(6-8-13)15(4)19(11(3)22)18-14(23-15)17-10(2)21/h5-8H,1-4H3,(H,16,20)(H,17,18,21)/t15-/m1/s1. The molecule has 7 nitrogen and oxygen atoms in total. The van der Waals surface area contributed by atoms with Gasteiger partial charge in [0, 0.05) is 26.5 Å². The van der Waals surface area contributed by atoms with Crippen molar-refractivity contribution in [3.05, 3.63) is 29.8 Å². The van der Waals surface area contributed by atoms with Crippen LogP contribution in [0.15, 0.2) is 29.4 Å². The molecule has 1 heterocycles. The number of rotatable bonds is 2. The maximum absolute atomic E-state index is 11.9. The minimum Gasteiger partial charge on any atom is -0.326 e. The van der Waals surface area contributed by atoms with Crippen LogP contribution in [-0.2, 0) is 19.3 Å². The summed E-state index contributed by atoms with van der Waals surface area (Å²) in [6.45, 7) is 6.10. The lowest BCUT2D eigenvalue weighted by molar-refractivity contribution is -0.131. The molecule has 1 aromatic carbocycles. The Kier molecular flexibility index (Phi) is 4.74. The molecule has 0 saturated heterocycles.